The molecule has 210 valence electrons. The number of Topliss-reactive ketones (excluding diaryl/α,β-unsaturated/α-hetero) is 1. The van der Waals surface area contributed by atoms with E-state index in [0.29, 0.717) is 46.4 Å². The topological polar surface area (TPSA) is 101 Å². The van der Waals surface area contributed by atoms with Crippen LogP contribution in [0.1, 0.15) is 87.7 Å². The highest BCUT2D eigenvalue weighted by Gasteiger charge is 2.44. The lowest BCUT2D eigenvalue weighted by Gasteiger charge is -2.32. The zero-order chi connectivity index (χ0) is 28.9. The Hall–Kier alpha value is -3.10. The fraction of sp³-hybridized carbons (Fsp3) is 0.484. The molecule has 40 heavy (non-hydrogen) atoms. The number of pyridine rings is 2. The number of hydrogen-bond acceptors (Lipinski definition) is 5. The number of hydrogen-bond donors (Lipinski definition) is 2. The van der Waals surface area contributed by atoms with Crippen LogP contribution in [0.4, 0.5) is 4.39 Å². The normalized spacial score (nSPS) is 22.1. The number of aliphatic hydroxyl groups is 1. The van der Waals surface area contributed by atoms with Gasteiger partial charge in [-0.15, -0.1) is 0 Å². The van der Waals surface area contributed by atoms with Crippen molar-refractivity contribution in [2.45, 2.75) is 84.9 Å². The highest BCUT2D eigenvalue weighted by molar-refractivity contribution is 6.32. The number of benzene rings is 1. The van der Waals surface area contributed by atoms with Crippen molar-refractivity contribution in [1.29, 1.82) is 0 Å². The second-order valence-electron chi connectivity index (χ2n) is 12.5. The molecule has 0 unspecified atom stereocenters. The number of ketones is 1. The van der Waals surface area contributed by atoms with Gasteiger partial charge in [0.25, 0.3) is 5.56 Å². The van der Waals surface area contributed by atoms with Crippen molar-refractivity contribution in [1.82, 2.24) is 14.9 Å². The minimum atomic E-state index is -1.73. The van der Waals surface area contributed by atoms with Crippen LogP contribution in [0.25, 0.3) is 22.3 Å². The first kappa shape index (κ1) is 27.1. The molecule has 1 amide bonds. The summed E-state index contributed by atoms with van der Waals surface area (Å²) in [4.78, 5) is 44.7. The first-order chi connectivity index (χ1) is 18.8. The third kappa shape index (κ3) is 3.72. The van der Waals surface area contributed by atoms with Gasteiger partial charge in [-0.25, -0.2) is 9.37 Å². The van der Waals surface area contributed by atoms with Crippen LogP contribution < -0.4 is 10.9 Å². The second kappa shape index (κ2) is 8.95. The number of carbonyl (C=O) groups is 2. The van der Waals surface area contributed by atoms with E-state index in [4.69, 9.17) is 16.6 Å². The van der Waals surface area contributed by atoms with Gasteiger partial charge in [-0.2, -0.15) is 0 Å². The predicted molar refractivity (Wildman–Crippen MR) is 151 cm³/mol. The molecule has 7 nitrogen and oxygen atoms in total. The van der Waals surface area contributed by atoms with E-state index in [0.717, 1.165) is 16.5 Å². The summed E-state index contributed by atoms with van der Waals surface area (Å²) in [6, 6.07) is 2.64. The lowest BCUT2D eigenvalue weighted by molar-refractivity contribution is -0.140. The van der Waals surface area contributed by atoms with Crippen molar-refractivity contribution in [3.63, 3.8) is 0 Å². The molecule has 0 spiro atoms. The van der Waals surface area contributed by atoms with Crippen LogP contribution in [0.5, 0.6) is 0 Å². The Morgan fingerprint density at radius 2 is 1.95 bits per heavy atom. The van der Waals surface area contributed by atoms with Gasteiger partial charge in [0.1, 0.15) is 11.4 Å². The zero-order valence-electron chi connectivity index (χ0n) is 23.4. The molecule has 2 aromatic heterocycles. The lowest BCUT2D eigenvalue weighted by Crippen LogP contribution is -2.43. The SMILES string of the molecule is CC[C@@]1(O)C(=O)CCc2c1cc1n(c2=O)Cc2c-1nc1cc(F)c(Cl)c3c1c2[C@H](NC(=O)[C@@H](C)C(C)(C)C)CC3. The van der Waals surface area contributed by atoms with E-state index in [1.807, 2.05) is 27.7 Å². The van der Waals surface area contributed by atoms with Crippen molar-refractivity contribution in [2.75, 3.05) is 0 Å². The van der Waals surface area contributed by atoms with E-state index in [2.05, 4.69) is 5.32 Å². The summed E-state index contributed by atoms with van der Waals surface area (Å²) in [6.07, 6.45) is 1.52. The first-order valence-corrected chi connectivity index (χ1v) is 14.3. The molecule has 1 aliphatic heterocycles. The Morgan fingerprint density at radius 3 is 2.62 bits per heavy atom. The van der Waals surface area contributed by atoms with Gasteiger partial charge in [0.2, 0.25) is 5.91 Å². The van der Waals surface area contributed by atoms with Crippen molar-refractivity contribution >= 4 is 34.2 Å². The standard InChI is InChI=1S/C31H33ClFN3O4/c1-6-31(40)18-11-22-27-17(13-36(22)29(39)15(18)8-10-23(31)37)25-20(35-28(38)14(2)30(3,4)5)9-7-16-24(25)21(34-27)12-19(33)26(16)32/h11-12,14,20,40H,6-10,13H2,1-5H3,(H,35,38)/t14-,20-,31+/m1/s1. The quantitative estimate of drug-likeness (QED) is 0.359. The van der Waals surface area contributed by atoms with E-state index in [1.54, 1.807) is 17.6 Å². The minimum Gasteiger partial charge on any atom is -0.377 e. The van der Waals surface area contributed by atoms with Crippen LogP contribution in [0, 0.1) is 17.2 Å². The highest BCUT2D eigenvalue weighted by Crippen LogP contribution is 2.47. The summed E-state index contributed by atoms with van der Waals surface area (Å²) in [5, 5.41) is 15.3. The van der Waals surface area contributed by atoms with E-state index < -0.39 is 11.4 Å². The number of halogens is 2. The molecule has 3 atom stereocenters. The average Bonchev–Trinajstić information content (AvgIpc) is 3.27. The zero-order valence-corrected chi connectivity index (χ0v) is 24.1. The molecule has 0 radical (unpaired) electrons. The fourth-order valence-corrected chi connectivity index (χ4v) is 6.82. The van der Waals surface area contributed by atoms with E-state index in [9.17, 15) is 23.9 Å². The lowest BCUT2D eigenvalue weighted by atomic mass is 9.77. The molecule has 0 saturated carbocycles. The van der Waals surface area contributed by atoms with Gasteiger partial charge >= 0.3 is 0 Å². The number of fused-ring (bicyclic) bond motifs is 5. The number of nitrogens with one attached hydrogen (secondary N) is 1. The van der Waals surface area contributed by atoms with E-state index in [1.165, 1.54) is 6.07 Å². The Morgan fingerprint density at radius 1 is 1.23 bits per heavy atom. The van der Waals surface area contributed by atoms with Gasteiger partial charge in [0.05, 0.1) is 34.5 Å². The van der Waals surface area contributed by atoms with Crippen LogP contribution in [-0.2, 0) is 34.6 Å². The third-order valence-corrected chi connectivity index (χ3v) is 9.84. The maximum atomic E-state index is 15.0. The molecular weight excluding hydrogens is 533 g/mol. The van der Waals surface area contributed by atoms with Gasteiger partial charge in [0, 0.05) is 40.5 Å². The second-order valence-corrected chi connectivity index (χ2v) is 12.9. The van der Waals surface area contributed by atoms with Gasteiger partial charge in [-0.3, -0.25) is 14.4 Å². The van der Waals surface area contributed by atoms with Gasteiger partial charge in [0.15, 0.2) is 5.78 Å². The molecule has 0 saturated heterocycles. The summed E-state index contributed by atoms with van der Waals surface area (Å²) in [6.45, 7) is 9.91. The average molecular weight is 566 g/mol. The van der Waals surface area contributed by atoms with Crippen LogP contribution in [0.3, 0.4) is 0 Å². The number of rotatable bonds is 3. The van der Waals surface area contributed by atoms with Gasteiger partial charge < -0.3 is 15.0 Å². The molecule has 9 heteroatoms. The van der Waals surface area contributed by atoms with Crippen molar-refractivity contribution in [3.05, 3.63) is 61.1 Å². The maximum Gasteiger partial charge on any atom is 0.254 e. The van der Waals surface area contributed by atoms with Crippen molar-refractivity contribution < 1.29 is 19.1 Å². The molecule has 2 N–H and O–H groups in total. The van der Waals surface area contributed by atoms with Crippen molar-refractivity contribution in [2.24, 2.45) is 11.3 Å². The smallest absolute Gasteiger partial charge is 0.254 e. The number of nitrogens with zero attached hydrogens (tertiary/aromatic N) is 2. The summed E-state index contributed by atoms with van der Waals surface area (Å²) in [5.41, 5.74) is 2.15. The number of amides is 1. The molecule has 0 fully saturated rings. The van der Waals surface area contributed by atoms with Gasteiger partial charge in [-0.05, 0) is 48.3 Å². The van der Waals surface area contributed by atoms with Crippen LogP contribution >= 0.6 is 11.6 Å². The largest absolute Gasteiger partial charge is 0.377 e. The molecule has 3 heterocycles. The molecule has 1 aromatic carbocycles. The van der Waals surface area contributed by atoms with Crippen LogP contribution in [-0.4, -0.2) is 26.3 Å². The Labute approximate surface area is 236 Å². The molecule has 3 aliphatic rings. The Balaban J connectivity index is 1.60. The van der Waals surface area contributed by atoms with E-state index >= 15 is 0 Å². The molecule has 6 rings (SSSR count). The molecular formula is C31H33ClFN3O4. The predicted octanol–water partition coefficient (Wildman–Crippen LogP) is 5.12. The Bertz CT molecular complexity index is 1710. The summed E-state index contributed by atoms with van der Waals surface area (Å²) in [5.74, 6) is -1.21. The third-order valence-electron chi connectivity index (χ3n) is 9.43. The monoisotopic (exact) mass is 565 g/mol. The van der Waals surface area contributed by atoms with Crippen LogP contribution in [0.2, 0.25) is 5.02 Å². The Kier molecular flexibility index (Phi) is 6.06. The summed E-state index contributed by atoms with van der Waals surface area (Å²) < 4.78 is 16.6. The first-order valence-electron chi connectivity index (χ1n) is 13.9. The van der Waals surface area contributed by atoms with Gasteiger partial charge in [-0.1, -0.05) is 46.2 Å². The molecule has 3 aromatic rings. The summed E-state index contributed by atoms with van der Waals surface area (Å²) >= 11 is 6.45. The van der Waals surface area contributed by atoms with Crippen LogP contribution in [0.15, 0.2) is 16.9 Å². The molecule has 2 aliphatic carbocycles. The maximum absolute atomic E-state index is 15.0. The summed E-state index contributed by atoms with van der Waals surface area (Å²) in [7, 11) is 0. The van der Waals surface area contributed by atoms with E-state index in [-0.39, 0.29) is 65.5 Å². The van der Waals surface area contributed by atoms with Crippen molar-refractivity contribution in [3.8, 4) is 11.4 Å². The number of carbonyl (C=O) groups excluding carboxylic acids is 2. The number of aryl methyl sites for hydroxylation is 1. The number of aromatic nitrogens is 2. The molecule has 0 bridgehead atoms. The minimum absolute atomic E-state index is 0.0537. The highest BCUT2D eigenvalue weighted by atomic mass is 35.5. The fourth-order valence-electron chi connectivity index (χ4n) is 6.57.